The lowest BCUT2D eigenvalue weighted by Gasteiger charge is -2.21. The van der Waals surface area contributed by atoms with Crippen LogP contribution in [0.1, 0.15) is 42.5 Å². The zero-order valence-corrected chi connectivity index (χ0v) is 20.0. The van der Waals surface area contributed by atoms with Gasteiger partial charge >= 0.3 is 0 Å². The van der Waals surface area contributed by atoms with Crippen molar-refractivity contribution in [3.8, 4) is 5.88 Å². The van der Waals surface area contributed by atoms with Gasteiger partial charge in [-0.15, -0.1) is 0 Å². The Bertz CT molecular complexity index is 1340. The number of hydrogen-bond acceptors (Lipinski definition) is 5. The molecule has 1 aliphatic heterocycles. The van der Waals surface area contributed by atoms with Crippen molar-refractivity contribution in [2.24, 2.45) is 0 Å². The van der Waals surface area contributed by atoms with Crippen molar-refractivity contribution in [1.29, 1.82) is 0 Å². The molecule has 10 heteroatoms. The number of carbonyl (C=O) groups is 1. The predicted octanol–water partition coefficient (Wildman–Crippen LogP) is 3.81. The molecule has 1 N–H and O–H groups in total. The van der Waals surface area contributed by atoms with Gasteiger partial charge in [-0.1, -0.05) is 29.8 Å². The van der Waals surface area contributed by atoms with Crippen LogP contribution in [0.4, 0.5) is 8.78 Å². The number of benzene rings is 2. The van der Waals surface area contributed by atoms with E-state index in [4.69, 9.17) is 16.3 Å². The van der Waals surface area contributed by atoms with Crippen LogP contribution >= 0.6 is 11.6 Å². The Hall–Kier alpha value is -3.30. The van der Waals surface area contributed by atoms with Gasteiger partial charge in [0.15, 0.2) is 5.02 Å². The monoisotopic (exact) mass is 503 g/mol. The molecule has 0 bridgehead atoms. The fraction of sp³-hybridized carbons (Fsp3) is 0.320. The minimum Gasteiger partial charge on any atom is -0.471 e. The first kappa shape index (κ1) is 24.8. The van der Waals surface area contributed by atoms with Gasteiger partial charge in [-0.25, -0.2) is 13.8 Å². The van der Waals surface area contributed by atoms with Crippen molar-refractivity contribution >= 4 is 17.5 Å². The van der Waals surface area contributed by atoms with Crippen molar-refractivity contribution in [3.05, 3.63) is 92.0 Å². The van der Waals surface area contributed by atoms with E-state index >= 15 is 0 Å². The SMILES string of the molecule is CC(C)(O)CC(=O)N1Cc2ccc(Cn3cnc(OCc4ccc(F)cc4F)c(Cl)c3=O)cc2C1. The van der Waals surface area contributed by atoms with Crippen LogP contribution in [-0.4, -0.2) is 31.1 Å². The number of halogens is 3. The van der Waals surface area contributed by atoms with Crippen LogP contribution < -0.4 is 10.3 Å². The van der Waals surface area contributed by atoms with Gasteiger partial charge in [-0.05, 0) is 42.7 Å². The number of ether oxygens (including phenoxy) is 1. The highest BCUT2D eigenvalue weighted by Crippen LogP contribution is 2.26. The summed E-state index contributed by atoms with van der Waals surface area (Å²) in [5.74, 6) is -1.75. The Kier molecular flexibility index (Phi) is 6.91. The molecule has 0 unspecified atom stereocenters. The van der Waals surface area contributed by atoms with Crippen molar-refractivity contribution in [2.75, 3.05) is 0 Å². The number of aromatic nitrogens is 2. The molecule has 2 aromatic carbocycles. The molecule has 35 heavy (non-hydrogen) atoms. The maximum Gasteiger partial charge on any atom is 0.276 e. The Labute approximate surface area is 205 Å². The van der Waals surface area contributed by atoms with Crippen LogP contribution in [-0.2, 0) is 31.0 Å². The third kappa shape index (κ3) is 5.86. The summed E-state index contributed by atoms with van der Waals surface area (Å²) in [6.45, 7) is 4.03. The summed E-state index contributed by atoms with van der Waals surface area (Å²) in [5.41, 5.74) is 1.30. The van der Waals surface area contributed by atoms with E-state index < -0.39 is 22.8 Å². The minimum atomic E-state index is -1.08. The van der Waals surface area contributed by atoms with Gasteiger partial charge in [-0.3, -0.25) is 14.2 Å². The number of nitrogens with zero attached hydrogens (tertiary/aromatic N) is 3. The van der Waals surface area contributed by atoms with Gasteiger partial charge in [0.1, 0.15) is 24.6 Å². The van der Waals surface area contributed by atoms with Gasteiger partial charge in [0.25, 0.3) is 5.56 Å². The lowest BCUT2D eigenvalue weighted by Crippen LogP contribution is -2.33. The molecule has 1 aliphatic rings. The van der Waals surface area contributed by atoms with Crippen LogP contribution in [0.2, 0.25) is 5.02 Å². The average Bonchev–Trinajstić information content (AvgIpc) is 3.20. The van der Waals surface area contributed by atoms with Gasteiger partial charge in [0, 0.05) is 24.7 Å². The van der Waals surface area contributed by atoms with Gasteiger partial charge in [0.05, 0.1) is 18.6 Å². The second kappa shape index (κ2) is 9.75. The summed E-state index contributed by atoms with van der Waals surface area (Å²) >= 11 is 6.16. The van der Waals surface area contributed by atoms with Crippen molar-refractivity contribution in [3.63, 3.8) is 0 Å². The van der Waals surface area contributed by atoms with E-state index in [1.54, 1.807) is 18.7 Å². The third-order valence-electron chi connectivity index (χ3n) is 5.61. The minimum absolute atomic E-state index is 0.0373. The molecule has 0 saturated heterocycles. The predicted molar refractivity (Wildman–Crippen MR) is 125 cm³/mol. The van der Waals surface area contributed by atoms with E-state index in [1.807, 2.05) is 18.2 Å². The first-order valence-electron chi connectivity index (χ1n) is 10.9. The Morgan fingerprint density at radius 1 is 1.17 bits per heavy atom. The molecule has 0 radical (unpaired) electrons. The molecule has 0 atom stereocenters. The van der Waals surface area contributed by atoms with Crippen LogP contribution in [0.25, 0.3) is 0 Å². The van der Waals surface area contributed by atoms with Crippen LogP contribution in [0.15, 0.2) is 47.5 Å². The van der Waals surface area contributed by atoms with Crippen LogP contribution in [0, 0.1) is 11.6 Å². The number of carbonyl (C=O) groups excluding carboxylic acids is 1. The first-order valence-corrected chi connectivity index (χ1v) is 11.3. The van der Waals surface area contributed by atoms with Gasteiger partial charge in [0.2, 0.25) is 11.8 Å². The molecule has 0 spiro atoms. The number of fused-ring (bicyclic) bond motifs is 1. The standard InChI is InChI=1S/C25H24ClF2N3O4/c1-25(2,34)9-21(32)30-11-16-4-3-15(7-18(16)12-30)10-31-14-29-23(22(26)24(31)33)35-13-17-5-6-19(27)8-20(17)28/h3-8,14,34H,9-13H2,1-2H3. The number of hydrogen-bond donors (Lipinski definition) is 1. The lowest BCUT2D eigenvalue weighted by molar-refractivity contribution is -0.135. The highest BCUT2D eigenvalue weighted by atomic mass is 35.5. The number of amides is 1. The van der Waals surface area contributed by atoms with Crippen molar-refractivity contribution in [1.82, 2.24) is 14.5 Å². The Morgan fingerprint density at radius 3 is 2.63 bits per heavy atom. The first-order chi connectivity index (χ1) is 16.5. The summed E-state index contributed by atoms with van der Waals surface area (Å²) in [6.07, 6.45) is 1.33. The maximum absolute atomic E-state index is 13.8. The summed E-state index contributed by atoms with van der Waals surface area (Å²) < 4.78 is 33.6. The topological polar surface area (TPSA) is 84.7 Å². The van der Waals surface area contributed by atoms with E-state index in [2.05, 4.69) is 4.98 Å². The molecular formula is C25H24ClF2N3O4. The largest absolute Gasteiger partial charge is 0.471 e. The Balaban J connectivity index is 1.44. The zero-order chi connectivity index (χ0) is 25.3. The molecule has 0 aliphatic carbocycles. The van der Waals surface area contributed by atoms with Crippen molar-refractivity contribution < 1.29 is 23.4 Å². The van der Waals surface area contributed by atoms with Crippen LogP contribution in [0.3, 0.4) is 0 Å². The summed E-state index contributed by atoms with van der Waals surface area (Å²) in [4.78, 5) is 30.9. The van der Waals surface area contributed by atoms with E-state index in [1.165, 1.54) is 17.0 Å². The zero-order valence-electron chi connectivity index (χ0n) is 19.2. The fourth-order valence-electron chi connectivity index (χ4n) is 3.85. The molecule has 2 heterocycles. The number of aliphatic hydroxyl groups is 1. The normalized spacial score (nSPS) is 13.1. The fourth-order valence-corrected chi connectivity index (χ4v) is 4.06. The van der Waals surface area contributed by atoms with E-state index in [-0.39, 0.29) is 41.9 Å². The second-order valence-electron chi connectivity index (χ2n) is 9.16. The van der Waals surface area contributed by atoms with Crippen LogP contribution in [0.5, 0.6) is 5.88 Å². The molecule has 4 rings (SSSR count). The van der Waals surface area contributed by atoms with Gasteiger partial charge in [-0.2, -0.15) is 0 Å². The molecular weight excluding hydrogens is 480 g/mol. The molecule has 0 fully saturated rings. The average molecular weight is 504 g/mol. The molecule has 7 nitrogen and oxygen atoms in total. The summed E-state index contributed by atoms with van der Waals surface area (Å²) in [5, 5.41) is 9.67. The highest BCUT2D eigenvalue weighted by molar-refractivity contribution is 6.31. The number of rotatable bonds is 7. The van der Waals surface area contributed by atoms with E-state index in [0.29, 0.717) is 13.1 Å². The van der Waals surface area contributed by atoms with E-state index in [9.17, 15) is 23.5 Å². The molecule has 1 amide bonds. The lowest BCUT2D eigenvalue weighted by atomic mass is 10.1. The smallest absolute Gasteiger partial charge is 0.276 e. The summed E-state index contributed by atoms with van der Waals surface area (Å²) in [7, 11) is 0. The second-order valence-corrected chi connectivity index (χ2v) is 9.54. The molecule has 1 aromatic heterocycles. The Morgan fingerprint density at radius 2 is 1.91 bits per heavy atom. The summed E-state index contributed by atoms with van der Waals surface area (Å²) in [6, 6.07) is 8.79. The molecule has 0 saturated carbocycles. The maximum atomic E-state index is 13.8. The quantitative estimate of drug-likeness (QED) is 0.530. The van der Waals surface area contributed by atoms with E-state index in [0.717, 1.165) is 28.8 Å². The molecule has 184 valence electrons. The van der Waals surface area contributed by atoms with Crippen molar-refractivity contribution in [2.45, 2.75) is 52.1 Å². The van der Waals surface area contributed by atoms with Gasteiger partial charge < -0.3 is 14.7 Å². The third-order valence-corrected chi connectivity index (χ3v) is 5.94. The molecule has 3 aromatic rings. The highest BCUT2D eigenvalue weighted by Gasteiger charge is 2.27.